The molecule has 4 heterocycles. The van der Waals surface area contributed by atoms with Crippen molar-refractivity contribution in [2.75, 3.05) is 4.90 Å². The molecule has 75 heavy (non-hydrogen) atoms. The van der Waals surface area contributed by atoms with E-state index in [1.165, 1.54) is 27.5 Å². The predicted octanol–water partition coefficient (Wildman–Crippen LogP) is 18.9. The SMILES string of the molecule is [2H]C(C)(C)c1cc(-c2cc(C(C)(C)C)cc3c4ccccc4c4ccccc4c4cccc5c4n(c23)[CH-]N5c2[c-]c(Oc3[c-]c4c(cc3)c3ccccc3n4-c3cc(C(C)(C)C)ccn3)ccc2)cc(C(C)(C)C)c1.[Pt]. The molecule has 0 saturated carbocycles. The molecule has 12 rings (SSSR count). The Morgan fingerprint density at radius 3 is 1.81 bits per heavy atom. The molecule has 0 bridgehead atoms. The number of ether oxygens (including phenoxy) is 1. The van der Waals surface area contributed by atoms with Crippen molar-refractivity contribution >= 4 is 76.5 Å². The second-order valence-corrected chi connectivity index (χ2v) is 23.4. The molecule has 6 heteroatoms. The van der Waals surface area contributed by atoms with E-state index in [2.05, 4.69) is 241 Å². The first-order valence-corrected chi connectivity index (χ1v) is 25.9. The number of pyridine rings is 1. The number of fused-ring (bicyclic) bond motifs is 10. The van der Waals surface area contributed by atoms with E-state index >= 15 is 0 Å². The van der Waals surface area contributed by atoms with Crippen LogP contribution in [0.4, 0.5) is 11.4 Å². The first-order valence-electron chi connectivity index (χ1n) is 26.4. The van der Waals surface area contributed by atoms with E-state index in [0.29, 0.717) is 11.5 Å². The minimum Gasteiger partial charge on any atom is -0.509 e. The van der Waals surface area contributed by atoms with Gasteiger partial charge in [-0.2, -0.15) is 12.1 Å². The molecule has 11 aromatic rings. The first kappa shape index (κ1) is 48.6. The summed E-state index contributed by atoms with van der Waals surface area (Å²) >= 11 is 0. The largest absolute Gasteiger partial charge is 0.509 e. The smallest absolute Gasteiger partial charge is 0.135 e. The van der Waals surface area contributed by atoms with Gasteiger partial charge in [0.25, 0.3) is 0 Å². The van der Waals surface area contributed by atoms with Crippen LogP contribution in [0.5, 0.6) is 11.5 Å². The number of hydrogen-bond donors (Lipinski definition) is 0. The standard InChI is InChI=1S/C69H63N4O.Pt/c1-43(2)44-34-45(36-47(35-44)68(6,7)8)59-37-48(69(9,10)11)38-60-55-25-15-13-23-53(55)52-22-12-14-24-54(52)58-27-19-29-62-66(58)72(65(59)60)42-71(62)49-20-18-21-50(40-49)74-51-30-31-57-56-26-16-17-28-61(56)73(63(57)41-51)64-39-46(32-33-70-64)67(3,4)5;/h12-39,42-43H,1-11H3;/q-3;/i43D;. The third-order valence-electron chi connectivity index (χ3n) is 15.0. The van der Waals surface area contributed by atoms with E-state index < -0.39 is 5.89 Å². The summed E-state index contributed by atoms with van der Waals surface area (Å²) in [7, 11) is 0. The number of nitrogens with zero attached hydrogens (tertiary/aromatic N) is 4. The molecule has 0 atom stereocenters. The molecule has 8 aromatic carbocycles. The molecule has 0 N–H and O–H groups in total. The summed E-state index contributed by atoms with van der Waals surface area (Å²) in [6, 6.07) is 66.5. The van der Waals surface area contributed by atoms with Crippen LogP contribution in [0.3, 0.4) is 0 Å². The summed E-state index contributed by atoms with van der Waals surface area (Å²) in [5.74, 6) is 1.17. The van der Waals surface area contributed by atoms with Gasteiger partial charge in [0, 0.05) is 51.3 Å². The van der Waals surface area contributed by atoms with Gasteiger partial charge in [0.1, 0.15) is 5.82 Å². The summed E-state index contributed by atoms with van der Waals surface area (Å²) in [5.41, 5.74) is 12.4. The zero-order valence-electron chi connectivity index (χ0n) is 45.8. The van der Waals surface area contributed by atoms with Gasteiger partial charge in [0.2, 0.25) is 0 Å². The van der Waals surface area contributed by atoms with Crippen molar-refractivity contribution in [1.82, 2.24) is 14.1 Å². The summed E-state index contributed by atoms with van der Waals surface area (Å²) in [4.78, 5) is 7.16. The van der Waals surface area contributed by atoms with Crippen LogP contribution in [0.15, 0.2) is 170 Å². The Morgan fingerprint density at radius 2 is 1.13 bits per heavy atom. The number of anilines is 2. The van der Waals surface area contributed by atoms with Gasteiger partial charge in [0.15, 0.2) is 0 Å². The molecule has 0 fully saturated rings. The third kappa shape index (κ3) is 8.73. The Bertz CT molecular complexity index is 4160. The summed E-state index contributed by atoms with van der Waals surface area (Å²) < 4.78 is 20.8. The fourth-order valence-electron chi connectivity index (χ4n) is 10.9. The van der Waals surface area contributed by atoms with Crippen molar-refractivity contribution in [3.63, 3.8) is 0 Å². The molecule has 0 radical (unpaired) electrons. The Labute approximate surface area is 457 Å². The molecule has 5 nitrogen and oxygen atoms in total. The van der Waals surface area contributed by atoms with Crippen LogP contribution in [0.25, 0.3) is 82.1 Å². The Balaban J connectivity index is 0.00000616. The normalized spacial score (nSPS) is 13.2. The van der Waals surface area contributed by atoms with Gasteiger partial charge >= 0.3 is 0 Å². The monoisotopic (exact) mass is 1160 g/mol. The summed E-state index contributed by atoms with van der Waals surface area (Å²) in [5, 5.41) is 9.15. The van der Waals surface area contributed by atoms with Gasteiger partial charge in [-0.3, -0.25) is 0 Å². The molecule has 3 aromatic heterocycles. The Kier molecular flexibility index (Phi) is 12.0. The second kappa shape index (κ2) is 18.5. The third-order valence-corrected chi connectivity index (χ3v) is 15.0. The maximum atomic E-state index is 9.40. The minimum atomic E-state index is -0.825. The van der Waals surface area contributed by atoms with Crippen LogP contribution in [0.2, 0.25) is 0 Å². The maximum Gasteiger partial charge on any atom is 0.135 e. The van der Waals surface area contributed by atoms with Crippen LogP contribution < -0.4 is 9.64 Å². The maximum absolute atomic E-state index is 9.40. The molecule has 0 saturated heterocycles. The van der Waals surface area contributed by atoms with E-state index in [4.69, 9.17) is 9.72 Å². The van der Waals surface area contributed by atoms with Crippen molar-refractivity contribution in [3.8, 4) is 28.4 Å². The zero-order chi connectivity index (χ0) is 52.3. The molecule has 0 aliphatic carbocycles. The van der Waals surface area contributed by atoms with Crippen LogP contribution in [-0.4, -0.2) is 14.1 Å². The summed E-state index contributed by atoms with van der Waals surface area (Å²) in [6.45, 7) is 26.6. The number of benzene rings is 8. The van der Waals surface area contributed by atoms with Crippen molar-refractivity contribution in [2.45, 2.75) is 98.3 Å². The Hall–Kier alpha value is -7.33. The number of hydrogen-bond acceptors (Lipinski definition) is 3. The van der Waals surface area contributed by atoms with Gasteiger partial charge in [-0.15, -0.1) is 35.7 Å². The van der Waals surface area contributed by atoms with Gasteiger partial charge < -0.3 is 18.8 Å². The number of rotatable bonds is 6. The van der Waals surface area contributed by atoms with Gasteiger partial charge in [-0.25, -0.2) is 4.98 Å². The molecular weight excluding hydrogens is 1100 g/mol. The topological polar surface area (TPSA) is 35.2 Å². The van der Waals surface area contributed by atoms with E-state index in [1.54, 1.807) is 0 Å². The van der Waals surface area contributed by atoms with Crippen molar-refractivity contribution in [1.29, 1.82) is 0 Å². The number of para-hydroxylation sites is 2. The molecule has 1 aliphatic rings. The van der Waals surface area contributed by atoms with Crippen LogP contribution in [0, 0.1) is 18.8 Å². The molecule has 1 aliphatic heterocycles. The first-order chi connectivity index (χ1) is 35.7. The second-order valence-electron chi connectivity index (χ2n) is 23.4. The van der Waals surface area contributed by atoms with Gasteiger partial charge in [0.05, 0.1) is 0 Å². The van der Waals surface area contributed by atoms with E-state index in [1.807, 2.05) is 38.2 Å². The van der Waals surface area contributed by atoms with E-state index in [9.17, 15) is 1.37 Å². The average Bonchev–Trinajstić information content (AvgIpc) is 3.99. The molecule has 0 spiro atoms. The van der Waals surface area contributed by atoms with Gasteiger partial charge in [-0.05, 0) is 135 Å². The van der Waals surface area contributed by atoms with Crippen molar-refractivity contribution < 1.29 is 27.2 Å². The minimum absolute atomic E-state index is 0. The zero-order valence-corrected chi connectivity index (χ0v) is 47.0. The van der Waals surface area contributed by atoms with E-state index in [0.717, 1.165) is 88.3 Å². The van der Waals surface area contributed by atoms with Crippen molar-refractivity contribution in [3.05, 3.63) is 211 Å². The van der Waals surface area contributed by atoms with E-state index in [-0.39, 0.29) is 37.3 Å². The average molecular weight is 1160 g/mol. The molecule has 0 unspecified atom stereocenters. The summed E-state index contributed by atoms with van der Waals surface area (Å²) in [6.07, 6.45) is 1.90. The fraction of sp³-hybridized carbons (Fsp3) is 0.217. The molecular formula is C69H63N4OPt-3. The Morgan fingerprint density at radius 1 is 0.533 bits per heavy atom. The van der Waals surface area contributed by atoms with Crippen LogP contribution in [-0.2, 0) is 37.3 Å². The number of aromatic nitrogens is 3. The van der Waals surface area contributed by atoms with Crippen LogP contribution >= 0.6 is 0 Å². The molecule has 378 valence electrons. The van der Waals surface area contributed by atoms with Crippen LogP contribution in [0.1, 0.15) is 106 Å². The van der Waals surface area contributed by atoms with Gasteiger partial charge in [-0.1, -0.05) is 197 Å². The fourth-order valence-corrected chi connectivity index (χ4v) is 10.9. The molecule has 0 amide bonds. The predicted molar refractivity (Wildman–Crippen MR) is 312 cm³/mol. The quantitative estimate of drug-likeness (QED) is 0.156. The van der Waals surface area contributed by atoms with Crippen molar-refractivity contribution in [2.24, 2.45) is 0 Å².